The van der Waals surface area contributed by atoms with E-state index in [1.807, 2.05) is 30.5 Å². The van der Waals surface area contributed by atoms with Gasteiger partial charge in [0.2, 0.25) is 0 Å². The summed E-state index contributed by atoms with van der Waals surface area (Å²) in [7, 11) is 0. The molecule has 1 saturated carbocycles. The topological polar surface area (TPSA) is 54.4 Å². The lowest BCUT2D eigenvalue weighted by Gasteiger charge is -2.20. The summed E-state index contributed by atoms with van der Waals surface area (Å²) in [5.74, 6) is 2.12. The number of aryl methyl sites for hydroxylation is 2. The van der Waals surface area contributed by atoms with E-state index >= 15 is 4.39 Å². The molecule has 184 valence electrons. The third-order valence-electron chi connectivity index (χ3n) is 7.25. The minimum Gasteiger partial charge on any atom is -0.493 e. The fourth-order valence-electron chi connectivity index (χ4n) is 5.27. The average molecular weight is 475 g/mol. The van der Waals surface area contributed by atoms with E-state index in [0.717, 1.165) is 57.8 Å². The van der Waals surface area contributed by atoms with E-state index in [-0.39, 0.29) is 11.9 Å². The van der Waals surface area contributed by atoms with Gasteiger partial charge in [-0.25, -0.2) is 9.37 Å². The first kappa shape index (κ1) is 23.8. The third kappa shape index (κ3) is 5.20. The molecule has 2 aliphatic carbocycles. The Hall–Kier alpha value is -2.92. The average Bonchev–Trinajstić information content (AvgIpc) is 3.55. The largest absolute Gasteiger partial charge is 0.493 e. The van der Waals surface area contributed by atoms with Gasteiger partial charge in [-0.1, -0.05) is 12.1 Å². The maximum Gasteiger partial charge on any atom is 0.128 e. The summed E-state index contributed by atoms with van der Waals surface area (Å²) in [5, 5.41) is 13.4. The molecule has 5 heteroatoms. The SMILES string of the molecule is Cc1cc(OCCC(C)(C)O)cc(C)c1-c1ccc(F)c2c1CC[C@H]2Nc1ccc(C2CC2)cn1. The normalized spacial score (nSPS) is 17.4. The van der Waals surface area contributed by atoms with E-state index in [2.05, 4.69) is 30.2 Å². The molecule has 5 rings (SSSR count). The van der Waals surface area contributed by atoms with Crippen LogP contribution in [0.5, 0.6) is 5.75 Å². The van der Waals surface area contributed by atoms with Gasteiger partial charge in [-0.2, -0.15) is 0 Å². The Labute approximate surface area is 207 Å². The van der Waals surface area contributed by atoms with E-state index in [1.54, 1.807) is 19.9 Å². The Morgan fingerprint density at radius 3 is 2.46 bits per heavy atom. The highest BCUT2D eigenvalue weighted by atomic mass is 19.1. The molecule has 1 heterocycles. The zero-order valence-corrected chi connectivity index (χ0v) is 21.1. The van der Waals surface area contributed by atoms with Gasteiger partial charge in [0.05, 0.1) is 18.2 Å². The summed E-state index contributed by atoms with van der Waals surface area (Å²) in [4.78, 5) is 4.60. The number of nitrogens with one attached hydrogen (secondary N) is 1. The van der Waals surface area contributed by atoms with Crippen LogP contribution in [0.2, 0.25) is 0 Å². The van der Waals surface area contributed by atoms with Crippen molar-refractivity contribution in [3.05, 3.63) is 76.2 Å². The number of halogens is 1. The van der Waals surface area contributed by atoms with Gasteiger partial charge in [0.15, 0.2) is 0 Å². The van der Waals surface area contributed by atoms with Crippen LogP contribution in [0.25, 0.3) is 11.1 Å². The number of ether oxygens (including phenoxy) is 1. The minimum absolute atomic E-state index is 0.0886. The van der Waals surface area contributed by atoms with Crippen molar-refractivity contribution < 1.29 is 14.2 Å². The Morgan fingerprint density at radius 1 is 1.09 bits per heavy atom. The zero-order valence-electron chi connectivity index (χ0n) is 21.1. The van der Waals surface area contributed by atoms with Gasteiger partial charge in [0, 0.05) is 18.2 Å². The number of anilines is 1. The van der Waals surface area contributed by atoms with E-state index in [1.165, 1.54) is 18.4 Å². The molecule has 35 heavy (non-hydrogen) atoms. The van der Waals surface area contributed by atoms with Crippen LogP contribution in [0.1, 0.15) is 79.3 Å². The number of rotatable bonds is 8. The molecule has 3 aromatic rings. The first-order chi connectivity index (χ1) is 16.7. The molecule has 0 spiro atoms. The molecule has 0 aliphatic heterocycles. The van der Waals surface area contributed by atoms with Gasteiger partial charge in [-0.15, -0.1) is 0 Å². The van der Waals surface area contributed by atoms with Crippen LogP contribution in [-0.4, -0.2) is 22.3 Å². The highest BCUT2D eigenvalue weighted by molar-refractivity contribution is 5.77. The summed E-state index contributed by atoms with van der Waals surface area (Å²) < 4.78 is 21.0. The molecular weight excluding hydrogens is 439 g/mol. The molecule has 1 aromatic heterocycles. The van der Waals surface area contributed by atoms with E-state index in [9.17, 15) is 5.11 Å². The molecule has 1 atom stereocenters. The lowest BCUT2D eigenvalue weighted by atomic mass is 9.90. The quantitative estimate of drug-likeness (QED) is 0.368. The fraction of sp³-hybridized carbons (Fsp3) is 0.433. The molecule has 0 unspecified atom stereocenters. The number of hydrogen-bond acceptors (Lipinski definition) is 4. The van der Waals surface area contributed by atoms with Crippen LogP contribution in [-0.2, 0) is 6.42 Å². The summed E-state index contributed by atoms with van der Waals surface area (Å²) >= 11 is 0. The first-order valence-corrected chi connectivity index (χ1v) is 12.7. The minimum atomic E-state index is -0.752. The number of nitrogens with zero attached hydrogens (tertiary/aromatic N) is 1. The molecule has 1 fully saturated rings. The number of aliphatic hydroxyl groups is 1. The monoisotopic (exact) mass is 474 g/mol. The second-order valence-corrected chi connectivity index (χ2v) is 10.8. The maximum atomic E-state index is 15.1. The molecule has 0 radical (unpaired) electrons. The van der Waals surface area contributed by atoms with E-state index in [4.69, 9.17) is 4.74 Å². The van der Waals surface area contributed by atoms with Crippen molar-refractivity contribution in [2.75, 3.05) is 11.9 Å². The predicted molar refractivity (Wildman–Crippen MR) is 139 cm³/mol. The standard InChI is InChI=1S/C30H35FN2O2/c1-18-15-22(35-14-13-30(3,4)34)16-19(2)28(18)23-8-10-25(31)29-24(23)9-11-26(29)33-27-12-7-21(17-32-27)20-5-6-20/h7-8,10,12,15-17,20,26,34H,5-6,9,11,13-14H2,1-4H3,(H,32,33)/t26-/m1/s1. The van der Waals surface area contributed by atoms with Gasteiger partial charge >= 0.3 is 0 Å². The Kier molecular flexibility index (Phi) is 6.30. The van der Waals surface area contributed by atoms with Gasteiger partial charge in [0.25, 0.3) is 0 Å². The molecule has 2 N–H and O–H groups in total. The lowest BCUT2D eigenvalue weighted by molar-refractivity contribution is 0.0553. The highest BCUT2D eigenvalue weighted by Gasteiger charge is 2.30. The summed E-state index contributed by atoms with van der Waals surface area (Å²) in [6.07, 6.45) is 6.69. The Bertz CT molecular complexity index is 1200. The van der Waals surface area contributed by atoms with Crippen molar-refractivity contribution in [1.29, 1.82) is 0 Å². The smallest absolute Gasteiger partial charge is 0.128 e. The molecule has 2 aromatic carbocycles. The predicted octanol–water partition coefficient (Wildman–Crippen LogP) is 7.02. The van der Waals surface area contributed by atoms with Crippen LogP contribution in [0, 0.1) is 19.7 Å². The summed E-state index contributed by atoms with van der Waals surface area (Å²) in [6, 6.07) is 11.7. The summed E-state index contributed by atoms with van der Waals surface area (Å²) in [6.45, 7) is 8.18. The summed E-state index contributed by atoms with van der Waals surface area (Å²) in [5.41, 5.74) is 6.84. The van der Waals surface area contributed by atoms with Crippen molar-refractivity contribution in [3.8, 4) is 16.9 Å². The second-order valence-electron chi connectivity index (χ2n) is 10.8. The van der Waals surface area contributed by atoms with Crippen molar-refractivity contribution >= 4 is 5.82 Å². The molecule has 0 bridgehead atoms. The lowest BCUT2D eigenvalue weighted by Crippen LogP contribution is -2.21. The molecule has 4 nitrogen and oxygen atoms in total. The molecular formula is C30H35FN2O2. The molecule has 0 amide bonds. The van der Waals surface area contributed by atoms with Crippen molar-refractivity contribution in [3.63, 3.8) is 0 Å². The number of benzene rings is 2. The van der Waals surface area contributed by atoms with Gasteiger partial charge in [0.1, 0.15) is 17.4 Å². The van der Waals surface area contributed by atoms with Gasteiger partial charge in [-0.3, -0.25) is 0 Å². The molecule has 0 saturated heterocycles. The van der Waals surface area contributed by atoms with Crippen molar-refractivity contribution in [2.24, 2.45) is 0 Å². The third-order valence-corrected chi connectivity index (χ3v) is 7.25. The number of aromatic nitrogens is 1. The van der Waals surface area contributed by atoms with E-state index < -0.39 is 5.60 Å². The second kappa shape index (κ2) is 9.27. The van der Waals surface area contributed by atoms with Crippen LogP contribution < -0.4 is 10.1 Å². The van der Waals surface area contributed by atoms with Crippen LogP contribution in [0.15, 0.2) is 42.6 Å². The Balaban J connectivity index is 1.39. The van der Waals surface area contributed by atoms with Crippen molar-refractivity contribution in [1.82, 2.24) is 4.98 Å². The number of fused-ring (bicyclic) bond motifs is 1. The van der Waals surface area contributed by atoms with Gasteiger partial charge in [-0.05, 0) is 117 Å². The fourth-order valence-corrected chi connectivity index (χ4v) is 5.27. The Morgan fingerprint density at radius 2 is 1.83 bits per heavy atom. The maximum absolute atomic E-state index is 15.1. The molecule has 2 aliphatic rings. The van der Waals surface area contributed by atoms with Gasteiger partial charge < -0.3 is 15.2 Å². The number of pyridine rings is 1. The van der Waals surface area contributed by atoms with Crippen LogP contribution in [0.4, 0.5) is 10.2 Å². The number of hydrogen-bond donors (Lipinski definition) is 2. The first-order valence-electron chi connectivity index (χ1n) is 12.7. The highest BCUT2D eigenvalue weighted by Crippen LogP contribution is 2.44. The van der Waals surface area contributed by atoms with Crippen molar-refractivity contribution in [2.45, 2.75) is 77.4 Å². The zero-order chi connectivity index (χ0) is 24.7. The van der Waals surface area contributed by atoms with Crippen LogP contribution in [0.3, 0.4) is 0 Å². The van der Waals surface area contributed by atoms with E-state index in [0.29, 0.717) is 18.9 Å². The van der Waals surface area contributed by atoms with Crippen LogP contribution >= 0.6 is 0 Å².